The van der Waals surface area contributed by atoms with Gasteiger partial charge in [-0.15, -0.1) is 0 Å². The Morgan fingerprint density at radius 2 is 1.65 bits per heavy atom. The number of amides is 1. The summed E-state index contributed by atoms with van der Waals surface area (Å²) >= 11 is 3.44. The van der Waals surface area contributed by atoms with Crippen LogP contribution in [-0.4, -0.2) is 11.7 Å². The smallest absolute Gasteiger partial charge is 0.263 e. The molecule has 4 aromatic rings. The van der Waals surface area contributed by atoms with Gasteiger partial charge < -0.3 is 4.42 Å². The summed E-state index contributed by atoms with van der Waals surface area (Å²) in [6.07, 6.45) is 3.61. The lowest BCUT2D eigenvalue weighted by molar-refractivity contribution is -0.113. The molecule has 4 nitrogen and oxygen atoms in total. The minimum Gasteiger partial charge on any atom is -0.457 e. The molecule has 34 heavy (non-hydrogen) atoms. The Balaban J connectivity index is 1.55. The summed E-state index contributed by atoms with van der Waals surface area (Å²) < 4.78 is 7.01. The Hall–Kier alpha value is -3.96. The van der Waals surface area contributed by atoms with E-state index in [1.54, 1.807) is 29.2 Å². The standard InChI is InChI=1S/C29H20BrNO3/c1-19(32)22-8-5-9-25(16-22)31-27(20-6-3-2-4-7-20)18-23(29(31)33)17-26-14-15-28(34-26)21-10-12-24(30)13-11-21/h2-18H,1H3. The molecular weight excluding hydrogens is 490 g/mol. The third-order valence-electron chi connectivity index (χ3n) is 5.62. The van der Waals surface area contributed by atoms with Crippen LogP contribution in [0.4, 0.5) is 5.69 Å². The van der Waals surface area contributed by atoms with Gasteiger partial charge in [0, 0.05) is 26.9 Å². The fourth-order valence-electron chi connectivity index (χ4n) is 3.91. The van der Waals surface area contributed by atoms with E-state index in [0.717, 1.165) is 27.1 Å². The number of nitrogens with zero attached hydrogens (tertiary/aromatic N) is 1. The molecule has 1 amide bonds. The first-order valence-corrected chi connectivity index (χ1v) is 11.6. The number of hydrogen-bond acceptors (Lipinski definition) is 3. The highest BCUT2D eigenvalue weighted by Gasteiger charge is 2.31. The van der Waals surface area contributed by atoms with Gasteiger partial charge in [0.05, 0.1) is 5.70 Å². The maximum Gasteiger partial charge on any atom is 0.263 e. The quantitative estimate of drug-likeness (QED) is 0.208. The minimum atomic E-state index is -0.179. The Morgan fingerprint density at radius 3 is 2.38 bits per heavy atom. The first kappa shape index (κ1) is 21.9. The number of rotatable bonds is 5. The van der Waals surface area contributed by atoms with E-state index in [1.807, 2.05) is 78.9 Å². The molecule has 1 aliphatic rings. The molecule has 1 aliphatic heterocycles. The highest BCUT2D eigenvalue weighted by molar-refractivity contribution is 9.10. The molecule has 5 rings (SSSR count). The number of hydrogen-bond donors (Lipinski definition) is 0. The molecule has 0 aliphatic carbocycles. The molecule has 0 spiro atoms. The van der Waals surface area contributed by atoms with Crippen LogP contribution in [0.3, 0.4) is 0 Å². The summed E-state index contributed by atoms with van der Waals surface area (Å²) in [5, 5.41) is 0. The zero-order valence-corrected chi connectivity index (χ0v) is 20.0. The number of carbonyl (C=O) groups is 2. The molecular formula is C29H20BrNO3. The zero-order valence-electron chi connectivity index (χ0n) is 18.4. The van der Waals surface area contributed by atoms with Gasteiger partial charge in [0.25, 0.3) is 5.91 Å². The van der Waals surface area contributed by atoms with Crippen molar-refractivity contribution in [3.05, 3.63) is 124 Å². The van der Waals surface area contributed by atoms with E-state index in [0.29, 0.717) is 22.6 Å². The van der Waals surface area contributed by atoms with Crippen LogP contribution in [-0.2, 0) is 4.79 Å². The van der Waals surface area contributed by atoms with Crippen molar-refractivity contribution >= 4 is 45.1 Å². The SMILES string of the molecule is CC(=O)c1cccc(N2C(=O)C(=Cc3ccc(-c4ccc(Br)cc4)o3)C=C2c2ccccc2)c1. The van der Waals surface area contributed by atoms with Gasteiger partial charge in [-0.2, -0.15) is 0 Å². The van der Waals surface area contributed by atoms with Crippen LogP contribution in [0.1, 0.15) is 28.6 Å². The number of halogens is 1. The molecule has 0 fully saturated rings. The van der Waals surface area contributed by atoms with Gasteiger partial charge in [-0.3, -0.25) is 14.5 Å². The number of benzene rings is 3. The molecule has 1 aromatic heterocycles. The lowest BCUT2D eigenvalue weighted by Crippen LogP contribution is -2.25. The molecule has 0 bridgehead atoms. The molecule has 0 radical (unpaired) electrons. The third kappa shape index (κ3) is 4.30. The van der Waals surface area contributed by atoms with E-state index >= 15 is 0 Å². The lowest BCUT2D eigenvalue weighted by atomic mass is 10.1. The van der Waals surface area contributed by atoms with Gasteiger partial charge in [0.15, 0.2) is 5.78 Å². The van der Waals surface area contributed by atoms with E-state index in [-0.39, 0.29) is 11.7 Å². The number of carbonyl (C=O) groups excluding carboxylic acids is 2. The van der Waals surface area contributed by atoms with Crippen LogP contribution in [0, 0.1) is 0 Å². The second-order valence-corrected chi connectivity index (χ2v) is 8.87. The van der Waals surface area contributed by atoms with E-state index in [1.165, 1.54) is 6.92 Å². The van der Waals surface area contributed by atoms with Crippen molar-refractivity contribution in [2.24, 2.45) is 0 Å². The molecule has 5 heteroatoms. The van der Waals surface area contributed by atoms with Crippen molar-refractivity contribution < 1.29 is 14.0 Å². The van der Waals surface area contributed by atoms with Crippen molar-refractivity contribution in [1.29, 1.82) is 0 Å². The average molecular weight is 510 g/mol. The van der Waals surface area contributed by atoms with Gasteiger partial charge in [0.1, 0.15) is 11.5 Å². The fraction of sp³-hybridized carbons (Fsp3) is 0.0345. The van der Waals surface area contributed by atoms with Gasteiger partial charge in [-0.25, -0.2) is 0 Å². The highest BCUT2D eigenvalue weighted by Crippen LogP contribution is 2.36. The predicted molar refractivity (Wildman–Crippen MR) is 138 cm³/mol. The minimum absolute atomic E-state index is 0.0504. The van der Waals surface area contributed by atoms with Crippen LogP contribution in [0.5, 0.6) is 0 Å². The van der Waals surface area contributed by atoms with Gasteiger partial charge >= 0.3 is 0 Å². The Morgan fingerprint density at radius 1 is 0.882 bits per heavy atom. The van der Waals surface area contributed by atoms with Crippen LogP contribution < -0.4 is 4.90 Å². The zero-order chi connectivity index (χ0) is 23.7. The summed E-state index contributed by atoms with van der Waals surface area (Å²) in [7, 11) is 0. The van der Waals surface area contributed by atoms with Gasteiger partial charge in [-0.1, -0.05) is 70.5 Å². The number of ketones is 1. The van der Waals surface area contributed by atoms with Crippen molar-refractivity contribution in [2.45, 2.75) is 6.92 Å². The first-order chi connectivity index (χ1) is 16.5. The summed E-state index contributed by atoms with van der Waals surface area (Å²) in [5.74, 6) is 1.08. The lowest BCUT2D eigenvalue weighted by Gasteiger charge is -2.21. The van der Waals surface area contributed by atoms with Crippen molar-refractivity contribution in [2.75, 3.05) is 4.90 Å². The van der Waals surface area contributed by atoms with E-state index in [2.05, 4.69) is 15.9 Å². The summed E-state index contributed by atoms with van der Waals surface area (Å²) in [6, 6.07) is 28.5. The van der Waals surface area contributed by atoms with Crippen LogP contribution >= 0.6 is 15.9 Å². The maximum atomic E-state index is 13.6. The molecule has 0 saturated carbocycles. The van der Waals surface area contributed by atoms with Crippen molar-refractivity contribution in [3.63, 3.8) is 0 Å². The molecule has 0 atom stereocenters. The molecule has 2 heterocycles. The average Bonchev–Trinajstić information content (AvgIpc) is 3.45. The second-order valence-electron chi connectivity index (χ2n) is 7.95. The molecule has 0 unspecified atom stereocenters. The van der Waals surface area contributed by atoms with Crippen LogP contribution in [0.15, 0.2) is 112 Å². The summed E-state index contributed by atoms with van der Waals surface area (Å²) in [6.45, 7) is 1.52. The summed E-state index contributed by atoms with van der Waals surface area (Å²) in [5.41, 5.74) is 4.31. The highest BCUT2D eigenvalue weighted by atomic mass is 79.9. The van der Waals surface area contributed by atoms with E-state index < -0.39 is 0 Å². The summed E-state index contributed by atoms with van der Waals surface area (Å²) in [4.78, 5) is 27.2. The van der Waals surface area contributed by atoms with Crippen LogP contribution in [0.25, 0.3) is 23.1 Å². The molecule has 166 valence electrons. The topological polar surface area (TPSA) is 50.5 Å². The van der Waals surface area contributed by atoms with Crippen molar-refractivity contribution in [1.82, 2.24) is 0 Å². The van der Waals surface area contributed by atoms with E-state index in [4.69, 9.17) is 4.42 Å². The predicted octanol–water partition coefficient (Wildman–Crippen LogP) is 7.38. The third-order valence-corrected chi connectivity index (χ3v) is 6.15. The maximum absolute atomic E-state index is 13.6. The Labute approximate surface area is 206 Å². The number of anilines is 1. The first-order valence-electron chi connectivity index (χ1n) is 10.8. The normalized spacial score (nSPS) is 14.5. The van der Waals surface area contributed by atoms with Crippen LogP contribution in [0.2, 0.25) is 0 Å². The largest absolute Gasteiger partial charge is 0.457 e. The Kier molecular flexibility index (Phi) is 5.86. The number of Topliss-reactive ketones (excluding diaryl/α,β-unsaturated/α-hetero) is 1. The number of furan rings is 1. The monoisotopic (exact) mass is 509 g/mol. The Bertz CT molecular complexity index is 1450. The molecule has 0 saturated heterocycles. The van der Waals surface area contributed by atoms with E-state index in [9.17, 15) is 9.59 Å². The van der Waals surface area contributed by atoms with Gasteiger partial charge in [0.2, 0.25) is 0 Å². The molecule has 3 aromatic carbocycles. The van der Waals surface area contributed by atoms with Gasteiger partial charge in [-0.05, 0) is 61.0 Å². The van der Waals surface area contributed by atoms with Crippen molar-refractivity contribution in [3.8, 4) is 11.3 Å². The second kappa shape index (κ2) is 9.12. The molecule has 0 N–H and O–H groups in total. The fourth-order valence-corrected chi connectivity index (χ4v) is 4.17.